The number of aromatic nitrogens is 3. The van der Waals surface area contributed by atoms with Gasteiger partial charge in [0, 0.05) is 56.2 Å². The van der Waals surface area contributed by atoms with E-state index in [9.17, 15) is 4.79 Å². The second kappa shape index (κ2) is 8.41. The van der Waals surface area contributed by atoms with Crippen molar-refractivity contribution in [3.8, 4) is 5.88 Å². The number of nitrogens with one attached hydrogen (secondary N) is 2. The summed E-state index contributed by atoms with van der Waals surface area (Å²) < 4.78 is 6.06. The Labute approximate surface area is 157 Å². The Hall–Kier alpha value is -2.26. The molecule has 2 aromatic heterocycles. The van der Waals surface area contributed by atoms with Gasteiger partial charge in [0.1, 0.15) is 18.2 Å². The molecule has 0 spiro atoms. The van der Waals surface area contributed by atoms with Crippen molar-refractivity contribution in [2.45, 2.75) is 45.9 Å². The second-order valence-corrected chi connectivity index (χ2v) is 7.45. The molecule has 3 heterocycles. The summed E-state index contributed by atoms with van der Waals surface area (Å²) in [7, 11) is 0. The summed E-state index contributed by atoms with van der Waals surface area (Å²) >= 11 is 1.51. The third-order valence-electron chi connectivity index (χ3n) is 4.15. The van der Waals surface area contributed by atoms with Gasteiger partial charge in [-0.25, -0.2) is 15.0 Å². The number of nitrogens with zero attached hydrogens (tertiary/aromatic N) is 4. The van der Waals surface area contributed by atoms with Crippen LogP contribution in [0.5, 0.6) is 5.88 Å². The summed E-state index contributed by atoms with van der Waals surface area (Å²) in [6, 6.07) is 2.24. The number of amides is 1. The zero-order valence-corrected chi connectivity index (χ0v) is 16.0. The quantitative estimate of drug-likeness (QED) is 0.766. The lowest BCUT2D eigenvalue weighted by atomic mass is 10.2. The molecule has 0 saturated carbocycles. The van der Waals surface area contributed by atoms with Gasteiger partial charge in [-0.15, -0.1) is 11.3 Å². The maximum atomic E-state index is 11.1. The third-order valence-corrected chi connectivity index (χ3v) is 5.05. The van der Waals surface area contributed by atoms with Gasteiger partial charge in [-0.05, 0) is 13.8 Å². The van der Waals surface area contributed by atoms with Gasteiger partial charge in [0.05, 0.1) is 0 Å². The zero-order valence-electron chi connectivity index (χ0n) is 15.2. The molecule has 0 aliphatic carbocycles. The van der Waals surface area contributed by atoms with Gasteiger partial charge in [0.25, 0.3) is 0 Å². The van der Waals surface area contributed by atoms with E-state index < -0.39 is 0 Å². The van der Waals surface area contributed by atoms with Crippen molar-refractivity contribution in [1.82, 2.24) is 19.9 Å². The van der Waals surface area contributed by atoms with Crippen LogP contribution in [0.1, 0.15) is 32.1 Å². The molecule has 1 aliphatic heterocycles. The van der Waals surface area contributed by atoms with E-state index in [1.807, 2.05) is 19.2 Å². The van der Waals surface area contributed by atoms with Gasteiger partial charge in [-0.2, -0.15) is 0 Å². The van der Waals surface area contributed by atoms with Crippen LogP contribution >= 0.6 is 11.3 Å². The number of carbonyl (C=O) groups excluding carboxylic acids is 1. The zero-order chi connectivity index (χ0) is 18.5. The highest BCUT2D eigenvalue weighted by Crippen LogP contribution is 2.27. The summed E-state index contributed by atoms with van der Waals surface area (Å²) in [6.45, 7) is 8.14. The van der Waals surface area contributed by atoms with E-state index in [0.717, 1.165) is 36.8 Å². The Bertz CT molecular complexity index is 752. The molecule has 2 atom stereocenters. The minimum absolute atomic E-state index is 0.0945. The van der Waals surface area contributed by atoms with Gasteiger partial charge >= 0.3 is 0 Å². The largest absolute Gasteiger partial charge is 0.473 e. The molecule has 3 rings (SSSR count). The molecule has 26 heavy (non-hydrogen) atoms. The molecule has 8 nitrogen and oxygen atoms in total. The molecule has 0 unspecified atom stereocenters. The normalized spacial score (nSPS) is 20.1. The Kier molecular flexibility index (Phi) is 6.00. The summed E-state index contributed by atoms with van der Waals surface area (Å²) in [5.74, 6) is 1.27. The Balaban J connectivity index is 1.56. The molecule has 2 aromatic rings. The molecule has 1 amide bonds. The lowest BCUT2D eigenvalue weighted by Gasteiger charge is -2.19. The van der Waals surface area contributed by atoms with Crippen LogP contribution in [0, 0.1) is 0 Å². The summed E-state index contributed by atoms with van der Waals surface area (Å²) in [6.07, 6.45) is 4.38. The third kappa shape index (κ3) is 4.89. The maximum absolute atomic E-state index is 11.1. The molecule has 1 fully saturated rings. The topological polar surface area (TPSA) is 92.3 Å². The van der Waals surface area contributed by atoms with Crippen LogP contribution < -0.4 is 15.4 Å². The SMILES string of the molecule is CCNc1cc(O[C@@H]2C[C@H](C)N(Cc3cnc(NC(C)=O)s3)C2)ncn1. The van der Waals surface area contributed by atoms with Crippen molar-refractivity contribution >= 4 is 28.2 Å². The average molecular weight is 376 g/mol. The lowest BCUT2D eigenvalue weighted by molar-refractivity contribution is -0.114. The van der Waals surface area contributed by atoms with Crippen LogP contribution in [0.25, 0.3) is 0 Å². The van der Waals surface area contributed by atoms with Gasteiger partial charge in [0.2, 0.25) is 11.8 Å². The van der Waals surface area contributed by atoms with Crippen LogP contribution in [0.3, 0.4) is 0 Å². The Morgan fingerprint density at radius 1 is 1.42 bits per heavy atom. The molecular formula is C17H24N6O2S. The number of hydrogen-bond acceptors (Lipinski definition) is 8. The summed E-state index contributed by atoms with van der Waals surface area (Å²) in [4.78, 5) is 27.2. The Morgan fingerprint density at radius 2 is 2.27 bits per heavy atom. The van der Waals surface area contributed by atoms with E-state index in [2.05, 4.69) is 37.4 Å². The number of hydrogen-bond donors (Lipinski definition) is 2. The highest BCUT2D eigenvalue weighted by Gasteiger charge is 2.31. The molecule has 140 valence electrons. The average Bonchev–Trinajstić information content (AvgIpc) is 3.14. The van der Waals surface area contributed by atoms with E-state index in [1.165, 1.54) is 24.6 Å². The van der Waals surface area contributed by atoms with E-state index in [4.69, 9.17) is 4.74 Å². The van der Waals surface area contributed by atoms with Crippen molar-refractivity contribution in [2.75, 3.05) is 23.7 Å². The monoisotopic (exact) mass is 376 g/mol. The molecule has 9 heteroatoms. The van der Waals surface area contributed by atoms with Crippen LogP contribution in [0.15, 0.2) is 18.6 Å². The van der Waals surface area contributed by atoms with E-state index in [0.29, 0.717) is 17.1 Å². The van der Waals surface area contributed by atoms with Crippen LogP contribution in [-0.2, 0) is 11.3 Å². The van der Waals surface area contributed by atoms with E-state index in [-0.39, 0.29) is 12.0 Å². The number of rotatable bonds is 7. The maximum Gasteiger partial charge on any atom is 0.223 e. The standard InChI is InChI=1S/C17H24N6O2S/c1-4-18-15-6-16(21-10-20-15)25-13-5-11(2)23(8-13)9-14-7-19-17(26-14)22-12(3)24/h6-7,10-11,13H,4-5,8-9H2,1-3H3,(H,18,20,21)(H,19,22,24)/t11-,13+/m0/s1. The number of ether oxygens (including phenoxy) is 1. The van der Waals surface area contributed by atoms with Gasteiger partial charge < -0.3 is 15.4 Å². The van der Waals surface area contributed by atoms with Gasteiger partial charge in [-0.1, -0.05) is 0 Å². The first-order valence-corrected chi connectivity index (χ1v) is 9.54. The lowest BCUT2D eigenvalue weighted by Crippen LogP contribution is -2.27. The molecular weight excluding hydrogens is 352 g/mol. The molecule has 1 aliphatic rings. The molecule has 0 radical (unpaired) electrons. The summed E-state index contributed by atoms with van der Waals surface area (Å²) in [5.41, 5.74) is 0. The van der Waals surface area contributed by atoms with E-state index >= 15 is 0 Å². The molecule has 1 saturated heterocycles. The fourth-order valence-electron chi connectivity index (χ4n) is 2.99. The fourth-order valence-corrected chi connectivity index (χ4v) is 3.88. The summed E-state index contributed by atoms with van der Waals surface area (Å²) in [5, 5.41) is 6.53. The molecule has 0 bridgehead atoms. The first-order valence-electron chi connectivity index (χ1n) is 8.72. The van der Waals surface area contributed by atoms with Crippen molar-refractivity contribution in [3.63, 3.8) is 0 Å². The number of carbonyl (C=O) groups is 1. The fraction of sp³-hybridized carbons (Fsp3) is 0.529. The molecule has 0 aromatic carbocycles. The number of likely N-dealkylation sites (tertiary alicyclic amines) is 1. The minimum Gasteiger partial charge on any atom is -0.473 e. The van der Waals surface area contributed by atoms with E-state index in [1.54, 1.807) is 0 Å². The van der Waals surface area contributed by atoms with Crippen LogP contribution in [0.2, 0.25) is 0 Å². The highest BCUT2D eigenvalue weighted by molar-refractivity contribution is 7.15. The van der Waals surface area contributed by atoms with Crippen molar-refractivity contribution < 1.29 is 9.53 Å². The van der Waals surface area contributed by atoms with Gasteiger partial charge in [0.15, 0.2) is 5.13 Å². The smallest absolute Gasteiger partial charge is 0.223 e. The van der Waals surface area contributed by atoms with Crippen molar-refractivity contribution in [1.29, 1.82) is 0 Å². The second-order valence-electron chi connectivity index (χ2n) is 6.34. The minimum atomic E-state index is -0.101. The van der Waals surface area contributed by atoms with Crippen molar-refractivity contribution in [2.24, 2.45) is 0 Å². The highest BCUT2D eigenvalue weighted by atomic mass is 32.1. The van der Waals surface area contributed by atoms with Gasteiger partial charge in [-0.3, -0.25) is 9.69 Å². The predicted octanol–water partition coefficient (Wildman–Crippen LogP) is 2.37. The number of anilines is 2. The van der Waals surface area contributed by atoms with Crippen LogP contribution in [0.4, 0.5) is 10.9 Å². The first kappa shape index (κ1) is 18.5. The Morgan fingerprint density at radius 3 is 3.04 bits per heavy atom. The predicted molar refractivity (Wildman–Crippen MR) is 102 cm³/mol. The van der Waals surface area contributed by atoms with Crippen LogP contribution in [-0.4, -0.2) is 51.0 Å². The number of thiazole rings is 1. The first-order chi connectivity index (χ1) is 12.5. The van der Waals surface area contributed by atoms with Crippen molar-refractivity contribution in [3.05, 3.63) is 23.5 Å². The molecule has 2 N–H and O–H groups in total.